The zero-order valence-corrected chi connectivity index (χ0v) is 18.1. The molecule has 6 heteroatoms. The van der Waals surface area contributed by atoms with E-state index in [2.05, 4.69) is 55.1 Å². The molecule has 1 saturated heterocycles. The lowest BCUT2D eigenvalue weighted by molar-refractivity contribution is -0.130. The lowest BCUT2D eigenvalue weighted by atomic mass is 9.62. The Kier molecular flexibility index (Phi) is 4.62. The molecule has 1 amide bonds. The van der Waals surface area contributed by atoms with Crippen LogP contribution < -0.4 is 0 Å². The summed E-state index contributed by atoms with van der Waals surface area (Å²) in [7, 11) is 0. The number of rotatable bonds is 7. The van der Waals surface area contributed by atoms with Crippen LogP contribution in [-0.2, 0) is 17.8 Å². The maximum Gasteiger partial charge on any atom is 0.222 e. The first-order chi connectivity index (χ1) is 15.2. The summed E-state index contributed by atoms with van der Waals surface area (Å²) in [4.78, 5) is 18.6. The molecule has 6 nitrogen and oxygen atoms in total. The van der Waals surface area contributed by atoms with Crippen molar-refractivity contribution < 1.29 is 4.79 Å². The molecule has 31 heavy (non-hydrogen) atoms. The van der Waals surface area contributed by atoms with Crippen LogP contribution in [0.5, 0.6) is 0 Å². The predicted octanol–water partition coefficient (Wildman–Crippen LogP) is 4.29. The first kappa shape index (κ1) is 19.1. The van der Waals surface area contributed by atoms with Crippen LogP contribution in [0.25, 0.3) is 10.9 Å². The fraction of sp³-hybridized carbons (Fsp3) is 0.560. The Morgan fingerprint density at radius 1 is 1.23 bits per heavy atom. The monoisotopic (exact) mass is 417 g/mol. The highest BCUT2D eigenvalue weighted by Crippen LogP contribution is 2.55. The third-order valence-electron chi connectivity index (χ3n) is 7.97. The molecule has 1 atom stereocenters. The van der Waals surface area contributed by atoms with Crippen molar-refractivity contribution in [3.8, 4) is 0 Å². The number of aryl methyl sites for hydroxylation is 1. The van der Waals surface area contributed by atoms with Gasteiger partial charge in [-0.15, -0.1) is 10.2 Å². The number of H-pyrrole nitrogens is 1. The van der Waals surface area contributed by atoms with Gasteiger partial charge in [-0.3, -0.25) is 4.79 Å². The molecule has 1 aromatic carbocycles. The SMILES string of the molecule is O=C(CCCc1c[nH]c2ccccc12)N1CC(c2nncn2CC2CC2)C2(CCC2)C1. The molecular formula is C25H31N5O. The molecule has 0 radical (unpaired) electrons. The second kappa shape index (κ2) is 7.50. The van der Waals surface area contributed by atoms with Gasteiger partial charge in [0, 0.05) is 49.1 Å². The van der Waals surface area contributed by atoms with Crippen molar-refractivity contribution in [1.29, 1.82) is 0 Å². The molecule has 1 aliphatic heterocycles. The number of amides is 1. The van der Waals surface area contributed by atoms with Crippen LogP contribution in [0.3, 0.4) is 0 Å². The number of aromatic amines is 1. The molecule has 3 heterocycles. The number of benzene rings is 1. The number of likely N-dealkylation sites (tertiary alicyclic amines) is 1. The fourth-order valence-corrected chi connectivity index (χ4v) is 5.83. The molecule has 2 saturated carbocycles. The minimum Gasteiger partial charge on any atom is -0.361 e. The van der Waals surface area contributed by atoms with E-state index in [0.717, 1.165) is 44.2 Å². The van der Waals surface area contributed by atoms with Gasteiger partial charge in [0.1, 0.15) is 12.2 Å². The van der Waals surface area contributed by atoms with Gasteiger partial charge in [-0.2, -0.15) is 0 Å². The van der Waals surface area contributed by atoms with E-state index >= 15 is 0 Å². The highest BCUT2D eigenvalue weighted by molar-refractivity contribution is 5.83. The summed E-state index contributed by atoms with van der Waals surface area (Å²) < 4.78 is 2.29. The van der Waals surface area contributed by atoms with Gasteiger partial charge in [0.25, 0.3) is 0 Å². The Hall–Kier alpha value is -2.63. The van der Waals surface area contributed by atoms with Crippen LogP contribution in [0.4, 0.5) is 0 Å². The van der Waals surface area contributed by atoms with Crippen LogP contribution in [0.2, 0.25) is 0 Å². The zero-order valence-electron chi connectivity index (χ0n) is 18.1. The minimum absolute atomic E-state index is 0.237. The fourth-order valence-electron chi connectivity index (χ4n) is 5.83. The van der Waals surface area contributed by atoms with Crippen molar-refractivity contribution in [2.24, 2.45) is 11.3 Å². The van der Waals surface area contributed by atoms with Crippen LogP contribution in [0, 0.1) is 11.3 Å². The van der Waals surface area contributed by atoms with E-state index in [1.807, 2.05) is 6.33 Å². The molecule has 2 aliphatic carbocycles. The van der Waals surface area contributed by atoms with Gasteiger partial charge in [-0.1, -0.05) is 24.6 Å². The van der Waals surface area contributed by atoms with E-state index in [0.29, 0.717) is 18.2 Å². The van der Waals surface area contributed by atoms with Gasteiger partial charge in [0.2, 0.25) is 5.91 Å². The average molecular weight is 418 g/mol. The first-order valence-electron chi connectivity index (χ1n) is 11.9. The van der Waals surface area contributed by atoms with E-state index < -0.39 is 0 Å². The van der Waals surface area contributed by atoms with E-state index in [1.54, 1.807) is 0 Å². The highest BCUT2D eigenvalue weighted by Gasteiger charge is 2.53. The second-order valence-electron chi connectivity index (χ2n) is 10.0. The molecular weight excluding hydrogens is 386 g/mol. The van der Waals surface area contributed by atoms with E-state index in [1.165, 1.54) is 48.6 Å². The molecule has 3 aromatic rings. The molecule has 3 fully saturated rings. The van der Waals surface area contributed by atoms with Crippen molar-refractivity contribution in [3.05, 3.63) is 48.2 Å². The molecule has 1 unspecified atom stereocenters. The number of carbonyl (C=O) groups is 1. The standard InChI is InChI=1S/C25H31N5O/c31-23(8-3-5-19-13-26-22-7-2-1-6-20(19)22)29-15-21(25(16-29)11-4-12-25)24-28-27-17-30(24)14-18-9-10-18/h1-2,6-7,13,17-18,21,26H,3-5,8-12,14-16H2. The minimum atomic E-state index is 0.237. The van der Waals surface area contributed by atoms with Crippen molar-refractivity contribution in [2.45, 2.75) is 63.8 Å². The van der Waals surface area contributed by atoms with E-state index in [9.17, 15) is 4.79 Å². The third-order valence-corrected chi connectivity index (χ3v) is 7.97. The Bertz CT molecular complexity index is 1090. The molecule has 1 N–H and O–H groups in total. The van der Waals surface area contributed by atoms with E-state index in [-0.39, 0.29) is 5.41 Å². The van der Waals surface area contributed by atoms with Gasteiger partial charge < -0.3 is 14.5 Å². The van der Waals surface area contributed by atoms with Crippen LogP contribution >= 0.6 is 0 Å². The van der Waals surface area contributed by atoms with Crippen LogP contribution in [0.15, 0.2) is 36.8 Å². The Labute approximate surface area is 183 Å². The summed E-state index contributed by atoms with van der Waals surface area (Å²) in [5.41, 5.74) is 2.72. The zero-order chi connectivity index (χ0) is 20.8. The van der Waals surface area contributed by atoms with Crippen LogP contribution in [0.1, 0.15) is 62.3 Å². The average Bonchev–Trinajstić information content (AvgIpc) is 3.15. The summed E-state index contributed by atoms with van der Waals surface area (Å²) >= 11 is 0. The number of hydrogen-bond acceptors (Lipinski definition) is 3. The lowest BCUT2D eigenvalue weighted by Gasteiger charge is -2.42. The number of carbonyl (C=O) groups excluding carboxylic acids is 1. The number of nitrogens with one attached hydrogen (secondary N) is 1. The Morgan fingerprint density at radius 2 is 2.10 bits per heavy atom. The maximum absolute atomic E-state index is 13.1. The topological polar surface area (TPSA) is 66.8 Å². The van der Waals surface area contributed by atoms with Gasteiger partial charge in [0.05, 0.1) is 0 Å². The molecule has 2 aromatic heterocycles. The molecule has 162 valence electrons. The summed E-state index contributed by atoms with van der Waals surface area (Å²) in [6.07, 6.45) is 12.8. The quantitative estimate of drug-likeness (QED) is 0.624. The summed E-state index contributed by atoms with van der Waals surface area (Å²) in [6, 6.07) is 8.40. The maximum atomic E-state index is 13.1. The predicted molar refractivity (Wildman–Crippen MR) is 120 cm³/mol. The summed E-state index contributed by atoms with van der Waals surface area (Å²) in [5.74, 6) is 2.58. The smallest absolute Gasteiger partial charge is 0.222 e. The van der Waals surface area contributed by atoms with Crippen molar-refractivity contribution in [3.63, 3.8) is 0 Å². The van der Waals surface area contributed by atoms with Gasteiger partial charge >= 0.3 is 0 Å². The normalized spacial score (nSPS) is 22.3. The molecule has 0 bridgehead atoms. The summed E-state index contributed by atoms with van der Waals surface area (Å²) in [6.45, 7) is 2.77. The molecule has 6 rings (SSSR count). The molecule has 3 aliphatic rings. The van der Waals surface area contributed by atoms with Gasteiger partial charge in [-0.05, 0) is 61.5 Å². The van der Waals surface area contributed by atoms with Crippen molar-refractivity contribution in [2.75, 3.05) is 13.1 Å². The number of para-hydroxylation sites is 1. The summed E-state index contributed by atoms with van der Waals surface area (Å²) in [5, 5.41) is 10.1. The number of aromatic nitrogens is 4. The largest absolute Gasteiger partial charge is 0.361 e. The van der Waals surface area contributed by atoms with Gasteiger partial charge in [0.15, 0.2) is 0 Å². The second-order valence-corrected chi connectivity index (χ2v) is 10.0. The highest BCUT2D eigenvalue weighted by atomic mass is 16.2. The Balaban J connectivity index is 1.11. The van der Waals surface area contributed by atoms with E-state index in [4.69, 9.17) is 0 Å². The number of fused-ring (bicyclic) bond motifs is 1. The van der Waals surface area contributed by atoms with Crippen molar-refractivity contribution in [1.82, 2.24) is 24.6 Å². The van der Waals surface area contributed by atoms with Crippen molar-refractivity contribution >= 4 is 16.8 Å². The number of hydrogen-bond donors (Lipinski definition) is 1. The third kappa shape index (κ3) is 3.46. The first-order valence-corrected chi connectivity index (χ1v) is 11.9. The Morgan fingerprint density at radius 3 is 2.90 bits per heavy atom. The number of nitrogens with zero attached hydrogens (tertiary/aromatic N) is 4. The van der Waals surface area contributed by atoms with Crippen LogP contribution in [-0.4, -0.2) is 43.6 Å². The molecule has 1 spiro atoms. The van der Waals surface area contributed by atoms with Gasteiger partial charge in [-0.25, -0.2) is 0 Å². The lowest BCUT2D eigenvalue weighted by Crippen LogP contribution is -2.38.